The van der Waals surface area contributed by atoms with Gasteiger partial charge < -0.3 is 14.6 Å². The number of benzene rings is 3. The predicted octanol–water partition coefficient (Wildman–Crippen LogP) is 4.42. The van der Waals surface area contributed by atoms with Crippen LogP contribution in [0.2, 0.25) is 0 Å². The average Bonchev–Trinajstić information content (AvgIpc) is 2.66. The molecule has 0 fully saturated rings. The Hall–Kier alpha value is -3.27. The lowest BCUT2D eigenvalue weighted by molar-refractivity contribution is 0.0599. The molecule has 3 aromatic carbocycles. The third kappa shape index (κ3) is 4.18. The number of rotatable bonds is 5. The van der Waals surface area contributed by atoms with Crippen molar-refractivity contribution in [2.45, 2.75) is 6.61 Å². The van der Waals surface area contributed by atoms with Gasteiger partial charge in [0.25, 0.3) is 0 Å². The van der Waals surface area contributed by atoms with E-state index in [9.17, 15) is 9.90 Å². The van der Waals surface area contributed by atoms with E-state index in [-0.39, 0.29) is 11.3 Å². The van der Waals surface area contributed by atoms with Crippen LogP contribution in [0.3, 0.4) is 0 Å². The van der Waals surface area contributed by atoms with E-state index in [1.165, 1.54) is 19.2 Å². The zero-order valence-corrected chi connectivity index (χ0v) is 13.8. The number of carbonyl (C=O) groups is 1. The van der Waals surface area contributed by atoms with E-state index < -0.39 is 5.97 Å². The number of carbonyl (C=O) groups excluding carboxylic acids is 1. The van der Waals surface area contributed by atoms with Crippen LogP contribution in [0, 0.1) is 0 Å². The minimum absolute atomic E-state index is 0.0441. The van der Waals surface area contributed by atoms with Crippen molar-refractivity contribution in [2.24, 2.45) is 0 Å². The fourth-order valence-electron chi connectivity index (χ4n) is 2.49. The molecule has 3 aromatic rings. The Labute approximate surface area is 146 Å². The highest BCUT2D eigenvalue weighted by Crippen LogP contribution is 2.24. The number of hydrogen-bond donors (Lipinski definition) is 1. The zero-order valence-electron chi connectivity index (χ0n) is 13.8. The normalized spacial score (nSPS) is 10.3. The number of ether oxygens (including phenoxy) is 2. The van der Waals surface area contributed by atoms with Gasteiger partial charge in [0.05, 0.1) is 12.7 Å². The summed E-state index contributed by atoms with van der Waals surface area (Å²) in [5.74, 6) is -0.155. The molecule has 3 rings (SSSR count). The van der Waals surface area contributed by atoms with Crippen LogP contribution >= 0.6 is 0 Å². The molecule has 0 heterocycles. The number of phenolic OH excluding ortho intramolecular Hbond substituents is 1. The summed E-state index contributed by atoms with van der Waals surface area (Å²) in [5.41, 5.74) is 3.53. The first kappa shape index (κ1) is 16.6. The first-order valence-corrected chi connectivity index (χ1v) is 7.85. The Kier molecular flexibility index (Phi) is 5.00. The van der Waals surface area contributed by atoms with Crippen LogP contribution in [0.5, 0.6) is 11.5 Å². The van der Waals surface area contributed by atoms with E-state index >= 15 is 0 Å². The van der Waals surface area contributed by atoms with Crippen LogP contribution in [0.15, 0.2) is 72.8 Å². The van der Waals surface area contributed by atoms with Crippen LogP contribution in [0.1, 0.15) is 15.9 Å². The van der Waals surface area contributed by atoms with Gasteiger partial charge in [-0.25, -0.2) is 4.79 Å². The summed E-state index contributed by atoms with van der Waals surface area (Å²) < 4.78 is 10.3. The zero-order chi connectivity index (χ0) is 17.6. The van der Waals surface area contributed by atoms with Crippen LogP contribution < -0.4 is 4.74 Å². The predicted molar refractivity (Wildman–Crippen MR) is 95.7 cm³/mol. The van der Waals surface area contributed by atoms with Crippen molar-refractivity contribution < 1.29 is 19.4 Å². The van der Waals surface area contributed by atoms with E-state index in [0.29, 0.717) is 12.4 Å². The van der Waals surface area contributed by atoms with Crippen molar-refractivity contribution in [1.82, 2.24) is 0 Å². The minimum atomic E-state index is -0.520. The standard InChI is InChI=1S/C21H18O4/c1-24-21(23)18-11-19(22)13-20(12-18)25-14-15-7-9-17(10-8-15)16-5-3-2-4-6-16/h2-13,22H,14H2,1H3. The van der Waals surface area contributed by atoms with E-state index in [4.69, 9.17) is 4.74 Å². The van der Waals surface area contributed by atoms with Crippen molar-refractivity contribution in [3.63, 3.8) is 0 Å². The van der Waals surface area contributed by atoms with E-state index in [2.05, 4.69) is 16.9 Å². The van der Waals surface area contributed by atoms with Gasteiger partial charge in [-0.15, -0.1) is 0 Å². The summed E-state index contributed by atoms with van der Waals surface area (Å²) in [4.78, 5) is 11.6. The molecule has 0 atom stereocenters. The summed E-state index contributed by atoms with van der Waals surface area (Å²) in [6.45, 7) is 0.332. The molecule has 0 saturated carbocycles. The average molecular weight is 334 g/mol. The summed E-state index contributed by atoms with van der Waals surface area (Å²) in [7, 11) is 1.29. The summed E-state index contributed by atoms with van der Waals surface area (Å²) in [5, 5.41) is 9.71. The van der Waals surface area contributed by atoms with Gasteiger partial charge in [0.1, 0.15) is 18.1 Å². The summed E-state index contributed by atoms with van der Waals surface area (Å²) in [6.07, 6.45) is 0. The van der Waals surface area contributed by atoms with Gasteiger partial charge >= 0.3 is 5.97 Å². The van der Waals surface area contributed by atoms with Crippen molar-refractivity contribution in [1.29, 1.82) is 0 Å². The first-order chi connectivity index (χ1) is 12.2. The minimum Gasteiger partial charge on any atom is -0.508 e. The molecule has 0 radical (unpaired) electrons. The quantitative estimate of drug-likeness (QED) is 0.702. The van der Waals surface area contributed by atoms with Crippen molar-refractivity contribution in [3.8, 4) is 22.6 Å². The second kappa shape index (κ2) is 7.53. The van der Waals surface area contributed by atoms with E-state index in [1.54, 1.807) is 6.07 Å². The van der Waals surface area contributed by atoms with Gasteiger partial charge in [0, 0.05) is 6.07 Å². The Morgan fingerprint density at radius 3 is 2.28 bits per heavy atom. The molecule has 4 heteroatoms. The number of methoxy groups -OCH3 is 1. The maximum absolute atomic E-state index is 11.6. The van der Waals surface area contributed by atoms with Crippen molar-refractivity contribution >= 4 is 5.97 Å². The molecule has 0 saturated heterocycles. The fraction of sp³-hybridized carbons (Fsp3) is 0.0952. The molecule has 1 N–H and O–H groups in total. The molecule has 0 unspecified atom stereocenters. The van der Waals surface area contributed by atoms with Crippen molar-refractivity contribution in [3.05, 3.63) is 83.9 Å². The SMILES string of the molecule is COC(=O)c1cc(O)cc(OCc2ccc(-c3ccccc3)cc2)c1. The molecule has 0 amide bonds. The molecule has 0 aliphatic heterocycles. The second-order valence-corrected chi connectivity index (χ2v) is 5.56. The maximum Gasteiger partial charge on any atom is 0.338 e. The number of esters is 1. The fourth-order valence-corrected chi connectivity index (χ4v) is 2.49. The highest BCUT2D eigenvalue weighted by molar-refractivity contribution is 5.90. The highest BCUT2D eigenvalue weighted by Gasteiger charge is 2.09. The third-order valence-corrected chi connectivity index (χ3v) is 3.78. The molecular weight excluding hydrogens is 316 g/mol. The van der Waals surface area contributed by atoms with Crippen molar-refractivity contribution in [2.75, 3.05) is 7.11 Å². The second-order valence-electron chi connectivity index (χ2n) is 5.56. The molecule has 25 heavy (non-hydrogen) atoms. The first-order valence-electron chi connectivity index (χ1n) is 7.85. The topological polar surface area (TPSA) is 55.8 Å². The Morgan fingerprint density at radius 1 is 0.920 bits per heavy atom. The van der Waals surface area contributed by atoms with Gasteiger partial charge in [0.15, 0.2) is 0 Å². The summed E-state index contributed by atoms with van der Waals surface area (Å²) >= 11 is 0. The van der Waals surface area contributed by atoms with Crippen LogP contribution in [-0.2, 0) is 11.3 Å². The molecule has 0 spiro atoms. The van der Waals surface area contributed by atoms with E-state index in [0.717, 1.165) is 16.7 Å². The lowest BCUT2D eigenvalue weighted by Gasteiger charge is -2.09. The molecule has 0 aromatic heterocycles. The molecule has 0 aliphatic carbocycles. The monoisotopic (exact) mass is 334 g/mol. The largest absolute Gasteiger partial charge is 0.508 e. The van der Waals surface area contributed by atoms with Gasteiger partial charge in [0.2, 0.25) is 0 Å². The Balaban J connectivity index is 1.70. The van der Waals surface area contributed by atoms with E-state index in [1.807, 2.05) is 42.5 Å². The Bertz CT molecular complexity index is 855. The lowest BCUT2D eigenvalue weighted by Crippen LogP contribution is -2.02. The molecule has 4 nitrogen and oxygen atoms in total. The van der Waals surface area contributed by atoms with Gasteiger partial charge in [-0.3, -0.25) is 0 Å². The summed E-state index contributed by atoms with van der Waals surface area (Å²) in [6, 6.07) is 22.5. The maximum atomic E-state index is 11.6. The molecule has 0 aliphatic rings. The highest BCUT2D eigenvalue weighted by atomic mass is 16.5. The smallest absolute Gasteiger partial charge is 0.338 e. The molecule has 0 bridgehead atoms. The Morgan fingerprint density at radius 2 is 1.60 bits per heavy atom. The van der Waals surface area contributed by atoms with Crippen LogP contribution in [-0.4, -0.2) is 18.2 Å². The van der Waals surface area contributed by atoms with Crippen LogP contribution in [0.25, 0.3) is 11.1 Å². The van der Waals surface area contributed by atoms with Gasteiger partial charge in [-0.1, -0.05) is 54.6 Å². The van der Waals surface area contributed by atoms with Gasteiger partial charge in [-0.05, 0) is 28.8 Å². The number of aromatic hydroxyl groups is 1. The molecular formula is C21H18O4. The lowest BCUT2D eigenvalue weighted by atomic mass is 10.0. The molecule has 126 valence electrons. The van der Waals surface area contributed by atoms with Crippen LogP contribution in [0.4, 0.5) is 0 Å². The number of hydrogen-bond acceptors (Lipinski definition) is 4. The van der Waals surface area contributed by atoms with Gasteiger partial charge in [-0.2, -0.15) is 0 Å². The number of phenols is 1. The third-order valence-electron chi connectivity index (χ3n) is 3.78.